The van der Waals surface area contributed by atoms with Gasteiger partial charge >= 0.3 is 0 Å². The van der Waals surface area contributed by atoms with E-state index in [2.05, 4.69) is 31.2 Å². The van der Waals surface area contributed by atoms with E-state index in [1.54, 1.807) is 13.0 Å². The molecule has 1 unspecified atom stereocenters. The van der Waals surface area contributed by atoms with Gasteiger partial charge in [-0.05, 0) is 35.7 Å². The van der Waals surface area contributed by atoms with Crippen LogP contribution in [0.2, 0.25) is 0 Å². The van der Waals surface area contributed by atoms with E-state index in [0.717, 1.165) is 12.8 Å². The minimum absolute atomic E-state index is 0.281. The van der Waals surface area contributed by atoms with Crippen molar-refractivity contribution in [3.05, 3.63) is 16.5 Å². The summed E-state index contributed by atoms with van der Waals surface area (Å²) in [6, 6.07) is 1.74. The van der Waals surface area contributed by atoms with Crippen LogP contribution in [0.5, 0.6) is 0 Å². The Labute approximate surface area is 109 Å². The third-order valence-electron chi connectivity index (χ3n) is 2.78. The Balaban J connectivity index is 2.03. The van der Waals surface area contributed by atoms with E-state index in [-0.39, 0.29) is 5.25 Å². The Bertz CT molecular complexity index is 498. The first-order valence-electron chi connectivity index (χ1n) is 5.44. The van der Waals surface area contributed by atoms with E-state index in [9.17, 15) is 8.42 Å². The molecule has 1 aliphatic heterocycles. The average molecular weight is 320 g/mol. The number of aromatic nitrogens is 2. The lowest BCUT2D eigenvalue weighted by Gasteiger charge is -2.11. The van der Waals surface area contributed by atoms with E-state index >= 15 is 0 Å². The Morgan fingerprint density at radius 2 is 2.29 bits per heavy atom. The van der Waals surface area contributed by atoms with E-state index in [1.165, 1.54) is 0 Å². The van der Waals surface area contributed by atoms with Gasteiger partial charge in [-0.1, -0.05) is 0 Å². The molecule has 0 radical (unpaired) electrons. The molecule has 5 nitrogen and oxygen atoms in total. The third kappa shape index (κ3) is 3.16. The van der Waals surface area contributed by atoms with Gasteiger partial charge in [0.2, 0.25) is 0 Å². The third-order valence-corrected chi connectivity index (χ3v) is 5.46. The predicted octanol–water partition coefficient (Wildman–Crippen LogP) is 1.54. The van der Waals surface area contributed by atoms with Crippen molar-refractivity contribution in [2.24, 2.45) is 0 Å². The molecule has 1 N–H and O–H groups in total. The van der Waals surface area contributed by atoms with Crippen LogP contribution < -0.4 is 5.32 Å². The summed E-state index contributed by atoms with van der Waals surface area (Å²) in [6.07, 6.45) is 1.50. The first kappa shape index (κ1) is 12.8. The largest absolute Gasteiger partial charge is 0.369 e. The summed E-state index contributed by atoms with van der Waals surface area (Å²) in [5, 5.41) is 2.78. The van der Waals surface area contributed by atoms with Crippen LogP contribution in [0.1, 0.15) is 18.7 Å². The standard InChI is InChI=1S/C10H14BrN3O2S/c1-7-13-9(11)5-10(14-7)12-6-8-3-2-4-17(8,15)16/h5,8H,2-4,6H2,1H3,(H,12,13,14). The molecule has 1 aliphatic rings. The lowest BCUT2D eigenvalue weighted by Crippen LogP contribution is -2.25. The molecule has 94 valence electrons. The molecule has 0 spiro atoms. The summed E-state index contributed by atoms with van der Waals surface area (Å²) in [5.74, 6) is 1.62. The molecule has 1 aromatic heterocycles. The van der Waals surface area contributed by atoms with Crippen molar-refractivity contribution in [1.29, 1.82) is 0 Å². The topological polar surface area (TPSA) is 72.0 Å². The van der Waals surface area contributed by atoms with Gasteiger partial charge in [0, 0.05) is 12.6 Å². The van der Waals surface area contributed by atoms with Crippen molar-refractivity contribution in [3.8, 4) is 0 Å². The van der Waals surface area contributed by atoms with E-state index < -0.39 is 9.84 Å². The van der Waals surface area contributed by atoms with Crippen LogP contribution in [-0.2, 0) is 9.84 Å². The summed E-state index contributed by atoms with van der Waals surface area (Å²) >= 11 is 3.28. The zero-order chi connectivity index (χ0) is 12.5. The quantitative estimate of drug-likeness (QED) is 0.855. The van der Waals surface area contributed by atoms with Crippen molar-refractivity contribution in [2.75, 3.05) is 17.6 Å². The molecule has 2 heterocycles. The second-order valence-corrected chi connectivity index (χ2v) is 7.35. The van der Waals surface area contributed by atoms with Gasteiger partial charge in [0.05, 0.1) is 11.0 Å². The highest BCUT2D eigenvalue weighted by Gasteiger charge is 2.30. The maximum Gasteiger partial charge on any atom is 0.154 e. The second kappa shape index (κ2) is 4.89. The monoisotopic (exact) mass is 319 g/mol. The van der Waals surface area contributed by atoms with Crippen LogP contribution >= 0.6 is 15.9 Å². The minimum Gasteiger partial charge on any atom is -0.369 e. The van der Waals surface area contributed by atoms with Crippen molar-refractivity contribution in [2.45, 2.75) is 25.0 Å². The second-order valence-electron chi connectivity index (χ2n) is 4.14. The van der Waals surface area contributed by atoms with Crippen LogP contribution in [0.3, 0.4) is 0 Å². The maximum atomic E-state index is 11.6. The Morgan fingerprint density at radius 3 is 2.88 bits per heavy atom. The number of nitrogens with zero attached hydrogens (tertiary/aromatic N) is 2. The summed E-state index contributed by atoms with van der Waals surface area (Å²) < 4.78 is 24.0. The van der Waals surface area contributed by atoms with Gasteiger partial charge in [0.15, 0.2) is 9.84 Å². The number of anilines is 1. The number of hydrogen-bond acceptors (Lipinski definition) is 5. The molecule has 1 fully saturated rings. The van der Waals surface area contributed by atoms with Crippen LogP contribution in [0, 0.1) is 6.92 Å². The Hall–Kier alpha value is -0.690. The van der Waals surface area contributed by atoms with Crippen molar-refractivity contribution in [3.63, 3.8) is 0 Å². The van der Waals surface area contributed by atoms with Gasteiger partial charge in [-0.2, -0.15) is 0 Å². The molecule has 1 atom stereocenters. The number of hydrogen-bond donors (Lipinski definition) is 1. The number of sulfone groups is 1. The average Bonchev–Trinajstić information content (AvgIpc) is 2.53. The highest BCUT2D eigenvalue weighted by atomic mass is 79.9. The fraction of sp³-hybridized carbons (Fsp3) is 0.600. The van der Waals surface area contributed by atoms with Crippen molar-refractivity contribution < 1.29 is 8.42 Å². The number of nitrogens with one attached hydrogen (secondary N) is 1. The van der Waals surface area contributed by atoms with Gasteiger partial charge in [-0.25, -0.2) is 18.4 Å². The molecular weight excluding hydrogens is 306 g/mol. The maximum absolute atomic E-state index is 11.6. The van der Waals surface area contributed by atoms with Gasteiger partial charge in [0.1, 0.15) is 16.2 Å². The summed E-state index contributed by atoms with van der Waals surface area (Å²) in [4.78, 5) is 8.29. The normalized spacial score (nSPS) is 22.6. The zero-order valence-corrected chi connectivity index (χ0v) is 11.9. The minimum atomic E-state index is -2.90. The molecule has 17 heavy (non-hydrogen) atoms. The summed E-state index contributed by atoms with van der Waals surface area (Å²) in [6.45, 7) is 2.22. The zero-order valence-electron chi connectivity index (χ0n) is 9.48. The van der Waals surface area contributed by atoms with Gasteiger partial charge in [-0.15, -0.1) is 0 Å². The Morgan fingerprint density at radius 1 is 1.53 bits per heavy atom. The van der Waals surface area contributed by atoms with Gasteiger partial charge < -0.3 is 5.32 Å². The smallest absolute Gasteiger partial charge is 0.154 e. The van der Waals surface area contributed by atoms with E-state index in [0.29, 0.717) is 28.5 Å². The van der Waals surface area contributed by atoms with E-state index in [4.69, 9.17) is 0 Å². The molecule has 0 aromatic carbocycles. The van der Waals surface area contributed by atoms with Crippen LogP contribution in [0.4, 0.5) is 5.82 Å². The molecule has 0 saturated carbocycles. The molecule has 0 bridgehead atoms. The van der Waals surface area contributed by atoms with Crippen LogP contribution in [0.25, 0.3) is 0 Å². The van der Waals surface area contributed by atoms with E-state index in [1.807, 2.05) is 0 Å². The summed E-state index contributed by atoms with van der Waals surface area (Å²) in [5.41, 5.74) is 0. The number of rotatable bonds is 3. The molecule has 2 rings (SSSR count). The fourth-order valence-corrected chi connectivity index (χ4v) is 4.17. The highest BCUT2D eigenvalue weighted by Crippen LogP contribution is 2.20. The summed E-state index contributed by atoms with van der Waals surface area (Å²) in [7, 11) is -2.90. The Kier molecular flexibility index (Phi) is 3.67. The van der Waals surface area contributed by atoms with Crippen LogP contribution in [-0.4, -0.2) is 35.9 Å². The molecule has 1 saturated heterocycles. The number of halogens is 1. The first-order chi connectivity index (χ1) is 7.97. The van der Waals surface area contributed by atoms with Gasteiger partial charge in [-0.3, -0.25) is 0 Å². The number of aryl methyl sites for hydroxylation is 1. The molecule has 0 aliphatic carbocycles. The molecule has 0 amide bonds. The lowest BCUT2D eigenvalue weighted by atomic mass is 10.2. The van der Waals surface area contributed by atoms with Crippen molar-refractivity contribution in [1.82, 2.24) is 9.97 Å². The fourth-order valence-electron chi connectivity index (χ4n) is 1.93. The highest BCUT2D eigenvalue weighted by molar-refractivity contribution is 9.10. The molecular formula is C10H14BrN3O2S. The van der Waals surface area contributed by atoms with Crippen molar-refractivity contribution >= 4 is 31.6 Å². The molecule has 1 aromatic rings. The van der Waals surface area contributed by atoms with Gasteiger partial charge in [0.25, 0.3) is 0 Å². The predicted molar refractivity (Wildman–Crippen MR) is 69.8 cm³/mol. The molecule has 7 heteroatoms. The lowest BCUT2D eigenvalue weighted by molar-refractivity contribution is 0.591. The SMILES string of the molecule is Cc1nc(Br)cc(NCC2CCCS2(=O)=O)n1. The first-order valence-corrected chi connectivity index (χ1v) is 7.95. The van der Waals surface area contributed by atoms with Crippen LogP contribution in [0.15, 0.2) is 10.7 Å².